The summed E-state index contributed by atoms with van der Waals surface area (Å²) < 4.78 is 1.17. The van der Waals surface area contributed by atoms with Gasteiger partial charge in [0.25, 0.3) is 0 Å². The number of hydrogen-bond donors (Lipinski definition) is 1. The van der Waals surface area contributed by atoms with E-state index in [0.29, 0.717) is 6.42 Å². The van der Waals surface area contributed by atoms with Crippen molar-refractivity contribution in [2.45, 2.75) is 12.5 Å². The largest absolute Gasteiger partial charge is 0.388 e. The molecule has 1 aromatic heterocycles. The molecule has 1 unspecified atom stereocenters. The second-order valence-corrected chi connectivity index (χ2v) is 5.32. The van der Waals surface area contributed by atoms with Crippen LogP contribution in [-0.2, 0) is 6.42 Å². The molecule has 2 nitrogen and oxygen atoms in total. The predicted molar refractivity (Wildman–Crippen MR) is 74.7 cm³/mol. The van der Waals surface area contributed by atoms with Crippen molar-refractivity contribution in [1.82, 2.24) is 4.98 Å². The number of hydrogen-bond acceptors (Lipinski definition) is 3. The van der Waals surface area contributed by atoms with Crippen molar-refractivity contribution in [3.63, 3.8) is 0 Å². The van der Waals surface area contributed by atoms with Crippen LogP contribution >= 0.6 is 11.3 Å². The van der Waals surface area contributed by atoms with Crippen LogP contribution in [0.15, 0.2) is 54.6 Å². The van der Waals surface area contributed by atoms with E-state index in [1.54, 1.807) is 11.3 Å². The fourth-order valence-electron chi connectivity index (χ4n) is 1.97. The summed E-state index contributed by atoms with van der Waals surface area (Å²) in [5.41, 5.74) is 1.95. The number of benzene rings is 2. The van der Waals surface area contributed by atoms with Crippen LogP contribution in [0.2, 0.25) is 0 Å². The molecule has 0 amide bonds. The van der Waals surface area contributed by atoms with Gasteiger partial charge in [0.2, 0.25) is 0 Å². The van der Waals surface area contributed by atoms with E-state index in [4.69, 9.17) is 0 Å². The van der Waals surface area contributed by atoms with Gasteiger partial charge in [0.15, 0.2) is 0 Å². The van der Waals surface area contributed by atoms with Crippen molar-refractivity contribution < 1.29 is 5.11 Å². The van der Waals surface area contributed by atoms with E-state index in [2.05, 4.69) is 11.1 Å². The van der Waals surface area contributed by atoms with E-state index in [0.717, 1.165) is 16.1 Å². The van der Waals surface area contributed by atoms with Crippen LogP contribution in [0.5, 0.6) is 0 Å². The number of thiazole rings is 1. The van der Waals surface area contributed by atoms with Crippen molar-refractivity contribution in [2.75, 3.05) is 0 Å². The molecule has 0 fully saturated rings. The third-order valence-corrected chi connectivity index (χ3v) is 3.95. The average molecular weight is 255 g/mol. The third kappa shape index (κ3) is 2.28. The first-order valence-corrected chi connectivity index (χ1v) is 6.72. The minimum Gasteiger partial charge on any atom is -0.388 e. The van der Waals surface area contributed by atoms with E-state index in [9.17, 15) is 5.11 Å². The molecule has 2 aromatic carbocycles. The molecule has 0 aliphatic carbocycles. The molecule has 18 heavy (non-hydrogen) atoms. The molecule has 1 heterocycles. The number of rotatable bonds is 3. The van der Waals surface area contributed by atoms with Crippen LogP contribution in [0, 0.1) is 0 Å². The first kappa shape index (κ1) is 11.4. The number of aliphatic hydroxyl groups excluding tert-OH is 1. The van der Waals surface area contributed by atoms with Gasteiger partial charge in [-0.05, 0) is 17.7 Å². The summed E-state index contributed by atoms with van der Waals surface area (Å²) in [7, 11) is 0. The molecular weight excluding hydrogens is 242 g/mol. The lowest BCUT2D eigenvalue weighted by Crippen LogP contribution is -2.00. The van der Waals surface area contributed by atoms with E-state index in [1.807, 2.05) is 48.5 Å². The summed E-state index contributed by atoms with van der Waals surface area (Å²) in [6.45, 7) is 0. The van der Waals surface area contributed by atoms with Gasteiger partial charge in [0, 0.05) is 6.42 Å². The zero-order valence-corrected chi connectivity index (χ0v) is 10.6. The maximum atomic E-state index is 10.2. The Kier molecular flexibility index (Phi) is 3.09. The molecule has 0 saturated heterocycles. The van der Waals surface area contributed by atoms with Crippen molar-refractivity contribution in [3.8, 4) is 0 Å². The summed E-state index contributed by atoms with van der Waals surface area (Å²) in [5, 5.41) is 11.1. The summed E-state index contributed by atoms with van der Waals surface area (Å²) in [6, 6.07) is 17.8. The second kappa shape index (κ2) is 4.88. The van der Waals surface area contributed by atoms with Crippen LogP contribution in [0.4, 0.5) is 0 Å². The number of aliphatic hydroxyl groups is 1. The second-order valence-electron chi connectivity index (χ2n) is 4.21. The minimum absolute atomic E-state index is 0.480. The van der Waals surface area contributed by atoms with Gasteiger partial charge in [0.1, 0.15) is 0 Å². The fraction of sp³-hybridized carbons (Fsp3) is 0.133. The SMILES string of the molecule is OC(Cc1nc2ccccc2s1)c1ccccc1. The predicted octanol–water partition coefficient (Wildman–Crippen LogP) is 3.57. The molecular formula is C15H13NOS. The molecule has 0 radical (unpaired) electrons. The number of para-hydroxylation sites is 1. The van der Waals surface area contributed by atoms with Gasteiger partial charge in [-0.25, -0.2) is 4.98 Å². The Bertz CT molecular complexity index is 615. The molecule has 0 saturated carbocycles. The van der Waals surface area contributed by atoms with E-state index in [1.165, 1.54) is 4.70 Å². The van der Waals surface area contributed by atoms with Crippen LogP contribution in [0.25, 0.3) is 10.2 Å². The lowest BCUT2D eigenvalue weighted by atomic mass is 10.1. The first-order valence-electron chi connectivity index (χ1n) is 5.90. The Morgan fingerprint density at radius 1 is 1.00 bits per heavy atom. The minimum atomic E-state index is -0.480. The number of nitrogens with zero attached hydrogens (tertiary/aromatic N) is 1. The molecule has 1 atom stereocenters. The zero-order valence-electron chi connectivity index (χ0n) is 9.78. The molecule has 3 heteroatoms. The lowest BCUT2D eigenvalue weighted by Gasteiger charge is -2.08. The van der Waals surface area contributed by atoms with Crippen molar-refractivity contribution in [3.05, 3.63) is 65.2 Å². The molecule has 1 N–H and O–H groups in total. The molecule has 0 aliphatic heterocycles. The highest BCUT2D eigenvalue weighted by Gasteiger charge is 2.11. The van der Waals surface area contributed by atoms with Crippen molar-refractivity contribution in [2.24, 2.45) is 0 Å². The summed E-state index contributed by atoms with van der Waals surface area (Å²) in [6.07, 6.45) is 0.0929. The monoisotopic (exact) mass is 255 g/mol. The Morgan fingerprint density at radius 2 is 1.72 bits per heavy atom. The molecule has 90 valence electrons. The molecule has 0 aliphatic rings. The molecule has 0 bridgehead atoms. The van der Waals surface area contributed by atoms with Gasteiger partial charge in [-0.1, -0.05) is 42.5 Å². The maximum Gasteiger partial charge on any atom is 0.0967 e. The Balaban J connectivity index is 1.84. The van der Waals surface area contributed by atoms with E-state index in [-0.39, 0.29) is 0 Å². The highest BCUT2D eigenvalue weighted by Crippen LogP contribution is 2.25. The fourth-order valence-corrected chi connectivity index (χ4v) is 2.97. The van der Waals surface area contributed by atoms with E-state index >= 15 is 0 Å². The van der Waals surface area contributed by atoms with Gasteiger partial charge < -0.3 is 5.11 Å². The van der Waals surface area contributed by atoms with Gasteiger partial charge in [-0.15, -0.1) is 11.3 Å². The summed E-state index contributed by atoms with van der Waals surface area (Å²) in [4.78, 5) is 4.54. The Labute approximate surface area is 110 Å². The molecule has 0 spiro atoms. The van der Waals surface area contributed by atoms with Gasteiger partial charge in [-0.3, -0.25) is 0 Å². The molecule has 3 rings (SSSR count). The van der Waals surface area contributed by atoms with Crippen molar-refractivity contribution >= 4 is 21.6 Å². The Hall–Kier alpha value is -1.71. The van der Waals surface area contributed by atoms with Crippen LogP contribution in [-0.4, -0.2) is 10.1 Å². The number of fused-ring (bicyclic) bond motifs is 1. The summed E-state index contributed by atoms with van der Waals surface area (Å²) in [5.74, 6) is 0. The zero-order chi connectivity index (χ0) is 12.4. The first-order chi connectivity index (χ1) is 8.83. The molecule has 3 aromatic rings. The highest BCUT2D eigenvalue weighted by atomic mass is 32.1. The van der Waals surface area contributed by atoms with Gasteiger partial charge in [0.05, 0.1) is 21.3 Å². The quantitative estimate of drug-likeness (QED) is 0.776. The van der Waals surface area contributed by atoms with Crippen LogP contribution in [0.1, 0.15) is 16.7 Å². The lowest BCUT2D eigenvalue weighted by molar-refractivity contribution is 0.178. The topological polar surface area (TPSA) is 33.1 Å². The maximum absolute atomic E-state index is 10.2. The standard InChI is InChI=1S/C15H13NOS/c17-13(11-6-2-1-3-7-11)10-15-16-12-8-4-5-9-14(12)18-15/h1-9,13,17H,10H2. The van der Waals surface area contributed by atoms with Crippen molar-refractivity contribution in [1.29, 1.82) is 0 Å². The Morgan fingerprint density at radius 3 is 2.50 bits per heavy atom. The highest BCUT2D eigenvalue weighted by molar-refractivity contribution is 7.18. The average Bonchev–Trinajstić information content (AvgIpc) is 2.82. The number of aromatic nitrogens is 1. The van der Waals surface area contributed by atoms with Gasteiger partial charge in [-0.2, -0.15) is 0 Å². The van der Waals surface area contributed by atoms with E-state index < -0.39 is 6.10 Å². The third-order valence-electron chi connectivity index (χ3n) is 2.89. The normalized spacial score (nSPS) is 12.7. The van der Waals surface area contributed by atoms with Gasteiger partial charge >= 0.3 is 0 Å². The van der Waals surface area contributed by atoms with Crippen LogP contribution < -0.4 is 0 Å². The summed E-state index contributed by atoms with van der Waals surface area (Å²) >= 11 is 1.65. The van der Waals surface area contributed by atoms with Crippen LogP contribution in [0.3, 0.4) is 0 Å². The smallest absolute Gasteiger partial charge is 0.0967 e.